The van der Waals surface area contributed by atoms with Gasteiger partial charge in [0.15, 0.2) is 5.17 Å². The summed E-state index contributed by atoms with van der Waals surface area (Å²) >= 11 is 8.81. The Morgan fingerprint density at radius 1 is 1.16 bits per heavy atom. The molecule has 2 aliphatic heterocycles. The van der Waals surface area contributed by atoms with Crippen molar-refractivity contribution in [3.8, 4) is 5.75 Å². The zero-order valence-electron chi connectivity index (χ0n) is 20.1. The summed E-state index contributed by atoms with van der Waals surface area (Å²) in [7, 11) is 1.51. The van der Waals surface area contributed by atoms with E-state index in [-0.39, 0.29) is 29.9 Å². The fourth-order valence-corrected chi connectivity index (χ4v) is 5.65. The second-order valence-electron chi connectivity index (χ2n) is 8.30. The van der Waals surface area contributed by atoms with Crippen molar-refractivity contribution in [1.82, 2.24) is 10.2 Å². The Morgan fingerprint density at radius 3 is 2.76 bits per heavy atom. The van der Waals surface area contributed by atoms with Gasteiger partial charge in [0.25, 0.3) is 5.91 Å². The normalized spacial score (nSPS) is 15.8. The van der Waals surface area contributed by atoms with E-state index in [0.717, 1.165) is 16.6 Å². The number of para-hydroxylation sites is 1. The fraction of sp³-hybridized carbons (Fsp3) is 0.192. The van der Waals surface area contributed by atoms with Crippen molar-refractivity contribution < 1.29 is 19.1 Å². The number of thioether (sulfide) groups is 1. The van der Waals surface area contributed by atoms with Crippen molar-refractivity contribution in [3.05, 3.63) is 75.4 Å². The maximum atomic E-state index is 13.4. The molecule has 3 aromatic rings. The minimum Gasteiger partial charge on any atom is -0.495 e. The molecule has 12 heteroatoms. The predicted molar refractivity (Wildman–Crippen MR) is 151 cm³/mol. The molecule has 0 saturated carbocycles. The predicted octanol–water partition coefficient (Wildman–Crippen LogP) is 4.45. The Labute approximate surface area is 231 Å². The van der Waals surface area contributed by atoms with Crippen molar-refractivity contribution in [2.45, 2.75) is 19.0 Å². The number of fused-ring (bicyclic) bond motifs is 3. The van der Waals surface area contributed by atoms with Crippen LogP contribution in [0.3, 0.4) is 0 Å². The Morgan fingerprint density at radius 2 is 2.00 bits per heavy atom. The van der Waals surface area contributed by atoms with Gasteiger partial charge in [-0.2, -0.15) is 0 Å². The molecule has 38 heavy (non-hydrogen) atoms. The van der Waals surface area contributed by atoms with Gasteiger partial charge in [-0.25, -0.2) is 9.89 Å². The summed E-state index contributed by atoms with van der Waals surface area (Å²) in [6, 6.07) is 15.3. The average molecular weight is 568 g/mol. The van der Waals surface area contributed by atoms with Crippen LogP contribution in [0.4, 0.5) is 11.4 Å². The summed E-state index contributed by atoms with van der Waals surface area (Å²) < 4.78 is 5.14. The number of methoxy groups -OCH3 is 1. The van der Waals surface area contributed by atoms with E-state index in [4.69, 9.17) is 16.3 Å². The van der Waals surface area contributed by atoms with Crippen LogP contribution >= 0.6 is 34.7 Å². The maximum absolute atomic E-state index is 13.4. The van der Waals surface area contributed by atoms with Gasteiger partial charge >= 0.3 is 0 Å². The first-order chi connectivity index (χ1) is 18.4. The summed E-state index contributed by atoms with van der Waals surface area (Å²) in [4.78, 5) is 50.3. The highest BCUT2D eigenvalue weighted by Gasteiger charge is 2.42. The standard InChI is InChI=1S/C26H22ClN5O4S2/c1-36-21-9-8-15(11-18(21)27)29-23(34)14-38-26-31-19-7-3-2-6-17(19)24-30-20(25(35)32(24)26)12-22(33)28-13-16-5-4-10-37-16/h2-11,20H,12-14H2,1H3,(H,28,33)(H,29,34). The van der Waals surface area contributed by atoms with E-state index in [2.05, 4.69) is 20.6 Å². The zero-order chi connectivity index (χ0) is 26.6. The summed E-state index contributed by atoms with van der Waals surface area (Å²) in [6.07, 6.45) is -0.0803. The highest BCUT2D eigenvalue weighted by molar-refractivity contribution is 8.14. The van der Waals surface area contributed by atoms with Gasteiger partial charge in [-0.3, -0.25) is 19.4 Å². The van der Waals surface area contributed by atoms with Crippen LogP contribution in [0.1, 0.15) is 16.9 Å². The number of carbonyl (C=O) groups is 3. The summed E-state index contributed by atoms with van der Waals surface area (Å²) in [6.45, 7) is 0.400. The van der Waals surface area contributed by atoms with Crippen LogP contribution in [0.2, 0.25) is 5.02 Å². The largest absolute Gasteiger partial charge is 0.495 e. The van der Waals surface area contributed by atoms with E-state index in [1.165, 1.54) is 12.0 Å². The molecule has 1 unspecified atom stereocenters. The molecule has 0 spiro atoms. The Bertz CT molecular complexity index is 1460. The lowest BCUT2D eigenvalue weighted by molar-refractivity contribution is -0.128. The quantitative estimate of drug-likeness (QED) is 0.418. The number of hydrogen-bond acceptors (Lipinski definition) is 8. The number of anilines is 1. The number of benzene rings is 2. The lowest BCUT2D eigenvalue weighted by Gasteiger charge is -2.25. The molecule has 2 aromatic carbocycles. The molecule has 1 aromatic heterocycles. The number of halogens is 1. The number of amides is 3. The van der Waals surface area contributed by atoms with Crippen molar-refractivity contribution in [1.29, 1.82) is 0 Å². The molecule has 9 nitrogen and oxygen atoms in total. The number of ether oxygens (including phenoxy) is 1. The number of hydrogen-bond donors (Lipinski definition) is 2. The molecule has 0 bridgehead atoms. The number of nitrogens with one attached hydrogen (secondary N) is 2. The van der Waals surface area contributed by atoms with Gasteiger partial charge in [0.2, 0.25) is 11.8 Å². The van der Waals surface area contributed by atoms with Crippen LogP contribution in [0.25, 0.3) is 0 Å². The van der Waals surface area contributed by atoms with Crippen molar-refractivity contribution in [3.63, 3.8) is 0 Å². The number of aliphatic imine (C=N–C) groups is 2. The van der Waals surface area contributed by atoms with Gasteiger partial charge in [-0.1, -0.05) is 41.6 Å². The van der Waals surface area contributed by atoms with Gasteiger partial charge in [0.1, 0.15) is 17.6 Å². The lowest BCUT2D eigenvalue weighted by Crippen LogP contribution is -2.42. The van der Waals surface area contributed by atoms with Crippen molar-refractivity contribution >= 4 is 74.8 Å². The van der Waals surface area contributed by atoms with Gasteiger partial charge < -0.3 is 15.4 Å². The topological polar surface area (TPSA) is 112 Å². The third-order valence-corrected chi connectivity index (χ3v) is 7.84. The molecule has 3 amide bonds. The first-order valence-electron chi connectivity index (χ1n) is 11.6. The zero-order valence-corrected chi connectivity index (χ0v) is 22.5. The van der Waals surface area contributed by atoms with Gasteiger partial charge in [0, 0.05) is 16.1 Å². The highest BCUT2D eigenvalue weighted by Crippen LogP contribution is 2.34. The summed E-state index contributed by atoms with van der Waals surface area (Å²) in [5.74, 6) is 0.0119. The van der Waals surface area contributed by atoms with Crippen molar-refractivity contribution in [2.75, 3.05) is 18.2 Å². The van der Waals surface area contributed by atoms with E-state index < -0.39 is 6.04 Å². The monoisotopic (exact) mass is 567 g/mol. The maximum Gasteiger partial charge on any atom is 0.259 e. The van der Waals surface area contributed by atoms with Crippen LogP contribution in [0.15, 0.2) is 70.0 Å². The van der Waals surface area contributed by atoms with Gasteiger partial charge in [-0.05, 0) is 41.8 Å². The second-order valence-corrected chi connectivity index (χ2v) is 10.7. The molecular formula is C26H22ClN5O4S2. The molecule has 0 fully saturated rings. The minimum absolute atomic E-state index is 0.00627. The fourth-order valence-electron chi connectivity index (χ4n) is 3.95. The molecule has 194 valence electrons. The molecular weight excluding hydrogens is 546 g/mol. The van der Waals surface area contributed by atoms with E-state index in [1.54, 1.807) is 29.5 Å². The smallest absolute Gasteiger partial charge is 0.259 e. The average Bonchev–Trinajstić information content (AvgIpc) is 3.55. The van der Waals surface area contributed by atoms with E-state index in [9.17, 15) is 14.4 Å². The third-order valence-electron chi connectivity index (χ3n) is 5.73. The molecule has 2 N–H and O–H groups in total. The number of carbonyl (C=O) groups excluding carboxylic acids is 3. The Balaban J connectivity index is 1.28. The molecule has 5 rings (SSSR count). The van der Waals surface area contributed by atoms with Crippen LogP contribution in [-0.2, 0) is 20.9 Å². The van der Waals surface area contributed by atoms with Crippen LogP contribution in [0.5, 0.6) is 5.75 Å². The van der Waals surface area contributed by atoms with E-state index in [0.29, 0.717) is 45.3 Å². The van der Waals surface area contributed by atoms with Crippen LogP contribution in [0, 0.1) is 0 Å². The minimum atomic E-state index is -0.874. The number of thiophene rings is 1. The first kappa shape index (κ1) is 26.0. The highest BCUT2D eigenvalue weighted by atomic mass is 35.5. The van der Waals surface area contributed by atoms with Gasteiger partial charge in [0.05, 0.1) is 36.5 Å². The number of amidine groups is 2. The molecule has 3 heterocycles. The Hall–Kier alpha value is -3.67. The summed E-state index contributed by atoms with van der Waals surface area (Å²) in [5, 5.41) is 8.27. The summed E-state index contributed by atoms with van der Waals surface area (Å²) in [5.41, 5.74) is 1.86. The molecule has 0 radical (unpaired) electrons. The molecule has 1 atom stereocenters. The van der Waals surface area contributed by atoms with E-state index in [1.807, 2.05) is 41.8 Å². The van der Waals surface area contributed by atoms with E-state index >= 15 is 0 Å². The molecule has 2 aliphatic rings. The Kier molecular flexibility index (Phi) is 7.77. The SMILES string of the molecule is COc1ccc(NC(=O)CSC2=Nc3ccccc3C3=NC(CC(=O)NCc4cccs4)C(=O)N23)cc1Cl. The second kappa shape index (κ2) is 11.4. The molecule has 0 saturated heterocycles. The van der Waals surface area contributed by atoms with Gasteiger partial charge in [-0.15, -0.1) is 11.3 Å². The third kappa shape index (κ3) is 5.59. The van der Waals surface area contributed by atoms with Crippen LogP contribution < -0.4 is 15.4 Å². The lowest BCUT2D eigenvalue weighted by atomic mass is 10.1. The van der Waals surface area contributed by atoms with Crippen molar-refractivity contribution in [2.24, 2.45) is 9.98 Å². The number of nitrogens with zero attached hydrogens (tertiary/aromatic N) is 3. The molecule has 0 aliphatic carbocycles. The van der Waals surface area contributed by atoms with Crippen LogP contribution in [-0.4, -0.2) is 52.5 Å². The number of rotatable bonds is 8. The first-order valence-corrected chi connectivity index (χ1v) is 13.8.